The van der Waals surface area contributed by atoms with E-state index in [0.717, 1.165) is 18.2 Å². The predicted octanol–water partition coefficient (Wildman–Crippen LogP) is 1.22. The second-order valence-corrected chi connectivity index (χ2v) is 8.10. The molecule has 0 saturated carbocycles. The molecule has 0 aromatic carbocycles. The standard InChI is InChI=1S/C14H23N3O3S/c1-14(2,3)8-12(11-6-5-7-15-9-11)17-13(18)10-16-21(4,19)20/h5-7,9,12,16H,8,10H2,1-4H3,(H,17,18). The van der Waals surface area contributed by atoms with Gasteiger partial charge in [0.2, 0.25) is 15.9 Å². The quantitative estimate of drug-likeness (QED) is 0.826. The van der Waals surface area contributed by atoms with Crippen molar-refractivity contribution in [3.63, 3.8) is 0 Å². The van der Waals surface area contributed by atoms with E-state index in [-0.39, 0.29) is 23.9 Å². The van der Waals surface area contributed by atoms with Crippen molar-refractivity contribution in [2.75, 3.05) is 12.8 Å². The molecule has 1 amide bonds. The first kappa shape index (κ1) is 17.6. The van der Waals surface area contributed by atoms with Crippen LogP contribution in [0.15, 0.2) is 24.5 Å². The Kier molecular flexibility index (Phi) is 5.86. The smallest absolute Gasteiger partial charge is 0.235 e. The van der Waals surface area contributed by atoms with Crippen molar-refractivity contribution in [1.29, 1.82) is 0 Å². The van der Waals surface area contributed by atoms with Crippen molar-refractivity contribution < 1.29 is 13.2 Å². The Hall–Kier alpha value is -1.47. The van der Waals surface area contributed by atoms with E-state index < -0.39 is 10.0 Å². The molecule has 1 heterocycles. The second-order valence-electron chi connectivity index (χ2n) is 6.26. The molecular formula is C14H23N3O3S. The van der Waals surface area contributed by atoms with Crippen LogP contribution < -0.4 is 10.0 Å². The van der Waals surface area contributed by atoms with Crippen molar-refractivity contribution in [3.05, 3.63) is 30.1 Å². The lowest BCUT2D eigenvalue weighted by Crippen LogP contribution is -2.39. The molecule has 21 heavy (non-hydrogen) atoms. The highest BCUT2D eigenvalue weighted by Gasteiger charge is 2.22. The number of carbonyl (C=O) groups excluding carboxylic acids is 1. The van der Waals surface area contributed by atoms with Crippen LogP contribution in [0, 0.1) is 5.41 Å². The summed E-state index contributed by atoms with van der Waals surface area (Å²) in [7, 11) is -3.38. The molecule has 0 fully saturated rings. The number of carbonyl (C=O) groups is 1. The minimum atomic E-state index is -3.38. The van der Waals surface area contributed by atoms with Gasteiger partial charge in [0.25, 0.3) is 0 Å². The lowest BCUT2D eigenvalue weighted by atomic mass is 9.86. The van der Waals surface area contributed by atoms with Gasteiger partial charge in [0.15, 0.2) is 0 Å². The van der Waals surface area contributed by atoms with Crippen molar-refractivity contribution in [2.45, 2.75) is 33.2 Å². The summed E-state index contributed by atoms with van der Waals surface area (Å²) >= 11 is 0. The number of amides is 1. The van der Waals surface area contributed by atoms with Crippen LogP contribution in [-0.4, -0.2) is 32.1 Å². The fourth-order valence-corrected chi connectivity index (χ4v) is 2.28. The van der Waals surface area contributed by atoms with Gasteiger partial charge in [-0.3, -0.25) is 9.78 Å². The molecule has 0 aliphatic rings. The normalized spacial score (nSPS) is 13.7. The molecule has 0 radical (unpaired) electrons. The second kappa shape index (κ2) is 7.00. The first-order valence-electron chi connectivity index (χ1n) is 6.71. The van der Waals surface area contributed by atoms with E-state index in [1.54, 1.807) is 12.4 Å². The van der Waals surface area contributed by atoms with Gasteiger partial charge in [-0.2, -0.15) is 0 Å². The van der Waals surface area contributed by atoms with E-state index in [0.29, 0.717) is 0 Å². The maximum absolute atomic E-state index is 11.9. The van der Waals surface area contributed by atoms with Crippen molar-refractivity contribution in [3.8, 4) is 0 Å². The Morgan fingerprint density at radius 1 is 1.38 bits per heavy atom. The van der Waals surface area contributed by atoms with E-state index in [9.17, 15) is 13.2 Å². The Labute approximate surface area is 126 Å². The zero-order valence-corrected chi connectivity index (χ0v) is 13.7. The van der Waals surface area contributed by atoms with Crippen LogP contribution in [0.5, 0.6) is 0 Å². The number of rotatable bonds is 6. The number of hydrogen-bond donors (Lipinski definition) is 2. The minimum absolute atomic E-state index is 0.0120. The number of nitrogens with zero attached hydrogens (tertiary/aromatic N) is 1. The molecule has 0 aliphatic heterocycles. The molecule has 0 saturated heterocycles. The van der Waals surface area contributed by atoms with Gasteiger partial charge in [-0.15, -0.1) is 0 Å². The lowest BCUT2D eigenvalue weighted by Gasteiger charge is -2.27. The summed E-state index contributed by atoms with van der Waals surface area (Å²) in [6, 6.07) is 3.51. The van der Waals surface area contributed by atoms with Gasteiger partial charge in [0.05, 0.1) is 18.8 Å². The highest BCUT2D eigenvalue weighted by Crippen LogP contribution is 2.28. The summed E-state index contributed by atoms with van der Waals surface area (Å²) in [5.41, 5.74) is 0.915. The molecule has 1 unspecified atom stereocenters. The van der Waals surface area contributed by atoms with E-state index in [1.807, 2.05) is 12.1 Å². The predicted molar refractivity (Wildman–Crippen MR) is 82.0 cm³/mol. The van der Waals surface area contributed by atoms with E-state index in [1.165, 1.54) is 0 Å². The van der Waals surface area contributed by atoms with Crippen LogP contribution in [0.25, 0.3) is 0 Å². The van der Waals surface area contributed by atoms with E-state index in [4.69, 9.17) is 0 Å². The highest BCUT2D eigenvalue weighted by atomic mass is 32.2. The van der Waals surface area contributed by atoms with Crippen LogP contribution in [0.3, 0.4) is 0 Å². The first-order valence-corrected chi connectivity index (χ1v) is 8.60. The number of pyridine rings is 1. The van der Waals surface area contributed by atoms with Gasteiger partial charge in [-0.05, 0) is 23.5 Å². The third-order valence-electron chi connectivity index (χ3n) is 2.73. The molecular weight excluding hydrogens is 290 g/mol. The van der Waals surface area contributed by atoms with E-state index in [2.05, 4.69) is 35.8 Å². The van der Waals surface area contributed by atoms with Crippen LogP contribution in [-0.2, 0) is 14.8 Å². The van der Waals surface area contributed by atoms with Gasteiger partial charge < -0.3 is 5.32 Å². The Morgan fingerprint density at radius 3 is 2.52 bits per heavy atom. The van der Waals surface area contributed by atoms with Gasteiger partial charge >= 0.3 is 0 Å². The molecule has 1 aromatic heterocycles. The number of sulfonamides is 1. The summed E-state index contributed by atoms with van der Waals surface area (Å²) < 4.78 is 24.2. The van der Waals surface area contributed by atoms with Crippen LogP contribution in [0.4, 0.5) is 0 Å². The highest BCUT2D eigenvalue weighted by molar-refractivity contribution is 7.88. The Bertz CT molecular complexity index is 565. The SMILES string of the molecule is CC(C)(C)CC(NC(=O)CNS(C)(=O)=O)c1cccnc1. The number of hydrogen-bond acceptors (Lipinski definition) is 4. The molecule has 0 bridgehead atoms. The third-order valence-corrected chi connectivity index (χ3v) is 3.40. The molecule has 7 heteroatoms. The summed E-state index contributed by atoms with van der Waals surface area (Å²) in [5, 5.41) is 2.86. The molecule has 6 nitrogen and oxygen atoms in total. The van der Waals surface area contributed by atoms with Gasteiger partial charge in [0, 0.05) is 12.4 Å². The Morgan fingerprint density at radius 2 is 2.05 bits per heavy atom. The maximum atomic E-state index is 11.9. The topological polar surface area (TPSA) is 88.2 Å². The van der Waals surface area contributed by atoms with Gasteiger partial charge in [0.1, 0.15) is 0 Å². The van der Waals surface area contributed by atoms with Crippen LogP contribution in [0.2, 0.25) is 0 Å². The molecule has 1 rings (SSSR count). The Balaban J connectivity index is 2.76. The third kappa shape index (κ3) is 7.77. The van der Waals surface area contributed by atoms with Crippen molar-refractivity contribution >= 4 is 15.9 Å². The molecule has 0 spiro atoms. The average molecular weight is 313 g/mol. The van der Waals surface area contributed by atoms with Crippen LogP contribution in [0.1, 0.15) is 38.8 Å². The molecule has 1 aromatic rings. The van der Waals surface area contributed by atoms with Crippen molar-refractivity contribution in [1.82, 2.24) is 15.0 Å². The zero-order valence-electron chi connectivity index (χ0n) is 12.9. The van der Waals surface area contributed by atoms with Gasteiger partial charge in [-0.1, -0.05) is 26.8 Å². The summed E-state index contributed by atoms with van der Waals surface area (Å²) in [4.78, 5) is 16.0. The summed E-state index contributed by atoms with van der Waals surface area (Å²) in [6.07, 6.45) is 5.13. The monoisotopic (exact) mass is 313 g/mol. The minimum Gasteiger partial charge on any atom is -0.348 e. The van der Waals surface area contributed by atoms with Crippen molar-refractivity contribution in [2.24, 2.45) is 5.41 Å². The van der Waals surface area contributed by atoms with Gasteiger partial charge in [-0.25, -0.2) is 13.1 Å². The lowest BCUT2D eigenvalue weighted by molar-refractivity contribution is -0.120. The number of aromatic nitrogens is 1. The fourth-order valence-electron chi connectivity index (χ4n) is 1.89. The van der Waals surface area contributed by atoms with E-state index >= 15 is 0 Å². The molecule has 2 N–H and O–H groups in total. The summed E-state index contributed by atoms with van der Waals surface area (Å²) in [6.45, 7) is 5.98. The molecule has 1 atom stereocenters. The van der Waals surface area contributed by atoms with Crippen LogP contribution >= 0.6 is 0 Å². The summed E-state index contributed by atoms with van der Waals surface area (Å²) in [5.74, 6) is -0.362. The largest absolute Gasteiger partial charge is 0.348 e. The average Bonchev–Trinajstić information content (AvgIpc) is 2.34. The first-order chi connectivity index (χ1) is 9.57. The number of nitrogens with one attached hydrogen (secondary N) is 2. The molecule has 118 valence electrons. The molecule has 0 aliphatic carbocycles. The fraction of sp³-hybridized carbons (Fsp3) is 0.571. The zero-order chi connectivity index (χ0) is 16.1. The maximum Gasteiger partial charge on any atom is 0.235 e.